The summed E-state index contributed by atoms with van der Waals surface area (Å²) in [6.07, 6.45) is -4.08. The first-order valence-corrected chi connectivity index (χ1v) is 7.25. The second-order valence-electron chi connectivity index (χ2n) is 5.62. The third-order valence-electron chi connectivity index (χ3n) is 4.04. The van der Waals surface area contributed by atoms with E-state index in [0.717, 1.165) is 4.90 Å². The summed E-state index contributed by atoms with van der Waals surface area (Å²) in [4.78, 5) is 25.5. The van der Waals surface area contributed by atoms with E-state index in [2.05, 4.69) is 0 Å². The molecule has 1 atom stereocenters. The number of carbonyl (C=O) groups excluding carboxylic acids is 1. The van der Waals surface area contributed by atoms with Crippen LogP contribution in [0.3, 0.4) is 0 Å². The predicted molar refractivity (Wildman–Crippen MR) is 77.2 cm³/mol. The van der Waals surface area contributed by atoms with Gasteiger partial charge in [-0.05, 0) is 25.0 Å². The van der Waals surface area contributed by atoms with Crippen molar-refractivity contribution < 1.29 is 22.4 Å². The molecule has 1 aromatic heterocycles. The Kier molecular flexibility index (Phi) is 3.87. The molecule has 0 aliphatic carbocycles. The second-order valence-corrected chi connectivity index (χ2v) is 5.62. The van der Waals surface area contributed by atoms with Crippen LogP contribution in [0.1, 0.15) is 23.2 Å². The molecule has 1 saturated heterocycles. The van der Waals surface area contributed by atoms with E-state index in [0.29, 0.717) is 11.0 Å². The predicted octanol–water partition coefficient (Wildman–Crippen LogP) is 3.21. The van der Waals surface area contributed by atoms with Crippen LogP contribution < -0.4 is 5.63 Å². The fourth-order valence-corrected chi connectivity index (χ4v) is 2.81. The molecule has 1 amide bonds. The fraction of sp³-hybridized carbons (Fsp3) is 0.375. The van der Waals surface area contributed by atoms with E-state index < -0.39 is 30.2 Å². The smallest absolute Gasteiger partial charge is 0.393 e. The van der Waals surface area contributed by atoms with E-state index in [1.54, 1.807) is 24.3 Å². The van der Waals surface area contributed by atoms with E-state index in [9.17, 15) is 22.8 Å². The van der Waals surface area contributed by atoms with Gasteiger partial charge in [-0.15, -0.1) is 0 Å². The third kappa shape index (κ3) is 3.09. The largest absolute Gasteiger partial charge is 0.422 e. The van der Waals surface area contributed by atoms with Crippen LogP contribution in [-0.2, 0) is 0 Å². The third-order valence-corrected chi connectivity index (χ3v) is 4.04. The van der Waals surface area contributed by atoms with Crippen molar-refractivity contribution in [3.05, 3.63) is 46.3 Å². The number of alkyl halides is 3. The SMILES string of the molecule is O=C(c1cc2ccccc2oc1=O)N1CCCC(C(F)(F)F)C1. The Morgan fingerprint density at radius 3 is 2.74 bits per heavy atom. The summed E-state index contributed by atoms with van der Waals surface area (Å²) < 4.78 is 43.6. The highest BCUT2D eigenvalue weighted by molar-refractivity contribution is 5.96. The van der Waals surface area contributed by atoms with Crippen molar-refractivity contribution in [1.29, 1.82) is 0 Å². The zero-order valence-corrected chi connectivity index (χ0v) is 12.1. The molecule has 23 heavy (non-hydrogen) atoms. The van der Waals surface area contributed by atoms with E-state index in [-0.39, 0.29) is 24.9 Å². The molecule has 0 saturated carbocycles. The Hall–Kier alpha value is -2.31. The lowest BCUT2D eigenvalue weighted by molar-refractivity contribution is -0.184. The van der Waals surface area contributed by atoms with Crippen LogP contribution in [0.5, 0.6) is 0 Å². The summed E-state index contributed by atoms with van der Waals surface area (Å²) in [6, 6.07) is 8.04. The van der Waals surface area contributed by atoms with E-state index in [1.165, 1.54) is 6.07 Å². The molecular weight excluding hydrogens is 311 g/mol. The molecule has 7 heteroatoms. The van der Waals surface area contributed by atoms with Crippen molar-refractivity contribution in [1.82, 2.24) is 4.90 Å². The average Bonchev–Trinajstić information content (AvgIpc) is 2.53. The first-order valence-electron chi connectivity index (χ1n) is 7.25. The molecule has 2 aromatic rings. The van der Waals surface area contributed by atoms with Crippen LogP contribution in [0.15, 0.2) is 39.5 Å². The number of amides is 1. The number of nitrogens with zero attached hydrogens (tertiary/aromatic N) is 1. The number of para-hydroxylation sites is 1. The standard InChI is InChI=1S/C16H14F3NO3/c17-16(18,19)11-5-3-7-20(9-11)14(21)12-8-10-4-1-2-6-13(10)23-15(12)22/h1-2,4,6,8,11H,3,5,7,9H2. The minimum absolute atomic E-state index is 0.000389. The van der Waals surface area contributed by atoms with Crippen LogP contribution in [0.25, 0.3) is 11.0 Å². The lowest BCUT2D eigenvalue weighted by Gasteiger charge is -2.33. The minimum atomic E-state index is -4.34. The molecule has 0 radical (unpaired) electrons. The summed E-state index contributed by atoms with van der Waals surface area (Å²) in [5, 5.41) is 0.555. The molecule has 1 unspecified atom stereocenters. The van der Waals surface area contributed by atoms with Crippen LogP contribution in [-0.4, -0.2) is 30.1 Å². The first-order chi connectivity index (χ1) is 10.9. The molecule has 1 aromatic carbocycles. The van der Waals surface area contributed by atoms with Gasteiger partial charge in [-0.25, -0.2) is 4.79 Å². The maximum atomic E-state index is 12.8. The van der Waals surface area contributed by atoms with Crippen LogP contribution >= 0.6 is 0 Å². The highest BCUT2D eigenvalue weighted by Gasteiger charge is 2.43. The maximum Gasteiger partial charge on any atom is 0.393 e. The van der Waals surface area contributed by atoms with Gasteiger partial charge in [-0.3, -0.25) is 4.79 Å². The number of carbonyl (C=O) groups is 1. The Balaban J connectivity index is 1.91. The van der Waals surface area contributed by atoms with Gasteiger partial charge in [0.2, 0.25) is 0 Å². The Bertz CT molecular complexity index is 797. The number of piperidine rings is 1. The topological polar surface area (TPSA) is 50.5 Å². The van der Waals surface area contributed by atoms with E-state index >= 15 is 0 Å². The summed E-state index contributed by atoms with van der Waals surface area (Å²) >= 11 is 0. The van der Waals surface area contributed by atoms with Gasteiger partial charge in [-0.2, -0.15) is 13.2 Å². The van der Waals surface area contributed by atoms with Crippen molar-refractivity contribution >= 4 is 16.9 Å². The molecular formula is C16H14F3NO3. The molecule has 3 rings (SSSR count). The summed E-state index contributed by atoms with van der Waals surface area (Å²) in [6.45, 7) is -0.216. The maximum absolute atomic E-state index is 12.8. The van der Waals surface area contributed by atoms with Crippen LogP contribution in [0.2, 0.25) is 0 Å². The van der Waals surface area contributed by atoms with Gasteiger partial charge >= 0.3 is 11.8 Å². The van der Waals surface area contributed by atoms with Gasteiger partial charge in [0.15, 0.2) is 0 Å². The molecule has 1 fully saturated rings. The normalized spacial score (nSPS) is 19.1. The highest BCUT2D eigenvalue weighted by Crippen LogP contribution is 2.33. The van der Waals surface area contributed by atoms with Gasteiger partial charge in [-0.1, -0.05) is 18.2 Å². The van der Waals surface area contributed by atoms with Crippen LogP contribution in [0.4, 0.5) is 13.2 Å². The quantitative estimate of drug-likeness (QED) is 0.757. The number of benzene rings is 1. The zero-order chi connectivity index (χ0) is 16.6. The van der Waals surface area contributed by atoms with E-state index in [1.807, 2.05) is 0 Å². The number of hydrogen-bond acceptors (Lipinski definition) is 3. The lowest BCUT2D eigenvalue weighted by atomic mass is 9.97. The summed E-state index contributed by atoms with van der Waals surface area (Å²) in [7, 11) is 0. The van der Waals surface area contributed by atoms with Crippen molar-refractivity contribution in [2.45, 2.75) is 19.0 Å². The van der Waals surface area contributed by atoms with Gasteiger partial charge in [0.25, 0.3) is 5.91 Å². The van der Waals surface area contributed by atoms with Crippen molar-refractivity contribution in [2.75, 3.05) is 13.1 Å². The summed E-state index contributed by atoms with van der Waals surface area (Å²) in [5.74, 6) is -2.26. The number of halogens is 3. The molecule has 0 bridgehead atoms. The lowest BCUT2D eigenvalue weighted by Crippen LogP contribution is -2.45. The Morgan fingerprint density at radius 2 is 2.00 bits per heavy atom. The van der Waals surface area contributed by atoms with Gasteiger partial charge in [0, 0.05) is 18.5 Å². The Morgan fingerprint density at radius 1 is 1.26 bits per heavy atom. The molecule has 0 spiro atoms. The summed E-state index contributed by atoms with van der Waals surface area (Å²) in [5.41, 5.74) is -0.727. The monoisotopic (exact) mass is 325 g/mol. The molecule has 2 heterocycles. The van der Waals surface area contributed by atoms with Gasteiger partial charge in [0.1, 0.15) is 11.1 Å². The van der Waals surface area contributed by atoms with Gasteiger partial charge in [0.05, 0.1) is 5.92 Å². The average molecular weight is 325 g/mol. The molecule has 0 N–H and O–H groups in total. The number of hydrogen-bond donors (Lipinski definition) is 0. The van der Waals surface area contributed by atoms with Crippen molar-refractivity contribution in [3.8, 4) is 0 Å². The number of likely N-dealkylation sites (tertiary alicyclic amines) is 1. The van der Waals surface area contributed by atoms with Crippen LogP contribution in [0, 0.1) is 5.92 Å². The van der Waals surface area contributed by atoms with Crippen molar-refractivity contribution in [3.63, 3.8) is 0 Å². The molecule has 1 aliphatic rings. The molecule has 4 nitrogen and oxygen atoms in total. The minimum Gasteiger partial charge on any atom is -0.422 e. The number of rotatable bonds is 1. The Labute approximate surface area is 129 Å². The highest BCUT2D eigenvalue weighted by atomic mass is 19.4. The number of fused-ring (bicyclic) bond motifs is 1. The van der Waals surface area contributed by atoms with Gasteiger partial charge < -0.3 is 9.32 Å². The molecule has 1 aliphatic heterocycles. The molecule has 122 valence electrons. The van der Waals surface area contributed by atoms with Crippen molar-refractivity contribution in [2.24, 2.45) is 5.92 Å². The zero-order valence-electron chi connectivity index (χ0n) is 12.1. The second kappa shape index (κ2) is 5.72. The van der Waals surface area contributed by atoms with E-state index in [4.69, 9.17) is 4.42 Å². The first kappa shape index (κ1) is 15.6. The fourth-order valence-electron chi connectivity index (χ4n) is 2.81.